The van der Waals surface area contributed by atoms with Gasteiger partial charge in [-0.15, -0.1) is 0 Å². The molecular weight excluding hydrogens is 356 g/mol. The molecular formula is C21H22N4O3. The van der Waals surface area contributed by atoms with Gasteiger partial charge in [0.05, 0.1) is 12.8 Å². The number of amides is 2. The van der Waals surface area contributed by atoms with Gasteiger partial charge >= 0.3 is 0 Å². The first-order valence-electron chi connectivity index (χ1n) is 8.91. The van der Waals surface area contributed by atoms with Crippen LogP contribution in [0.5, 0.6) is 5.75 Å². The monoisotopic (exact) mass is 378 g/mol. The zero-order chi connectivity index (χ0) is 19.9. The largest absolute Gasteiger partial charge is 0.497 e. The Bertz CT molecular complexity index is 967. The fraction of sp³-hybridized carbons (Fsp3) is 0.190. The van der Waals surface area contributed by atoms with Gasteiger partial charge in [0.15, 0.2) is 5.69 Å². The number of benzene rings is 2. The van der Waals surface area contributed by atoms with Gasteiger partial charge in [0.2, 0.25) is 0 Å². The molecule has 0 saturated carbocycles. The molecule has 0 radical (unpaired) electrons. The molecule has 0 aliphatic carbocycles. The fourth-order valence-electron chi connectivity index (χ4n) is 2.72. The van der Waals surface area contributed by atoms with E-state index in [-0.39, 0.29) is 11.8 Å². The summed E-state index contributed by atoms with van der Waals surface area (Å²) in [5.41, 5.74) is 2.59. The molecule has 1 aromatic heterocycles. The summed E-state index contributed by atoms with van der Waals surface area (Å²) in [6.45, 7) is 2.50. The summed E-state index contributed by atoms with van der Waals surface area (Å²) in [7, 11) is 1.55. The van der Waals surface area contributed by atoms with Crippen molar-refractivity contribution in [1.29, 1.82) is 0 Å². The van der Waals surface area contributed by atoms with Crippen molar-refractivity contribution in [3.05, 3.63) is 77.6 Å². The number of para-hydroxylation sites is 1. The summed E-state index contributed by atoms with van der Waals surface area (Å²) in [6, 6.07) is 18.2. The molecule has 2 N–H and O–H groups in total. The van der Waals surface area contributed by atoms with E-state index < -0.39 is 0 Å². The standard InChI is InChI=1S/C21H22N4O3/c1-15-13-19(24-25(15)17-8-4-3-5-9-17)21(27)23-12-11-22-20(26)16-7-6-10-18(14-16)28-2/h3-10,13-14H,11-12H2,1-2H3,(H,22,26)(H,23,27). The average Bonchev–Trinajstić information content (AvgIpc) is 3.13. The van der Waals surface area contributed by atoms with E-state index in [1.807, 2.05) is 37.3 Å². The lowest BCUT2D eigenvalue weighted by Crippen LogP contribution is -2.34. The first kappa shape index (κ1) is 19.2. The summed E-state index contributed by atoms with van der Waals surface area (Å²) in [6.07, 6.45) is 0. The van der Waals surface area contributed by atoms with Crippen LogP contribution in [-0.2, 0) is 0 Å². The minimum absolute atomic E-state index is 0.225. The molecule has 28 heavy (non-hydrogen) atoms. The van der Waals surface area contributed by atoms with Gasteiger partial charge in [-0.25, -0.2) is 4.68 Å². The van der Waals surface area contributed by atoms with Crippen LogP contribution in [-0.4, -0.2) is 41.8 Å². The lowest BCUT2D eigenvalue weighted by molar-refractivity contribution is 0.0924. The van der Waals surface area contributed by atoms with E-state index in [2.05, 4.69) is 15.7 Å². The number of carbonyl (C=O) groups is 2. The van der Waals surface area contributed by atoms with E-state index >= 15 is 0 Å². The van der Waals surface area contributed by atoms with Crippen molar-refractivity contribution < 1.29 is 14.3 Å². The number of hydrogen-bond donors (Lipinski definition) is 2. The number of rotatable bonds is 7. The predicted octanol–water partition coefficient (Wildman–Crippen LogP) is 2.35. The highest BCUT2D eigenvalue weighted by Crippen LogP contribution is 2.13. The number of nitrogens with zero attached hydrogens (tertiary/aromatic N) is 2. The van der Waals surface area contributed by atoms with Crippen LogP contribution in [0.3, 0.4) is 0 Å². The van der Waals surface area contributed by atoms with Crippen LogP contribution in [0.15, 0.2) is 60.7 Å². The zero-order valence-corrected chi connectivity index (χ0v) is 15.8. The van der Waals surface area contributed by atoms with E-state index in [0.29, 0.717) is 30.1 Å². The Balaban J connectivity index is 1.51. The molecule has 144 valence electrons. The molecule has 3 aromatic rings. The molecule has 2 amide bonds. The highest BCUT2D eigenvalue weighted by Gasteiger charge is 2.13. The second-order valence-electron chi connectivity index (χ2n) is 6.16. The van der Waals surface area contributed by atoms with E-state index in [9.17, 15) is 9.59 Å². The zero-order valence-electron chi connectivity index (χ0n) is 15.8. The normalized spacial score (nSPS) is 10.4. The van der Waals surface area contributed by atoms with Crippen molar-refractivity contribution in [2.24, 2.45) is 0 Å². The maximum Gasteiger partial charge on any atom is 0.271 e. The summed E-state index contributed by atoms with van der Waals surface area (Å²) in [5.74, 6) is 0.107. The Kier molecular flexibility index (Phi) is 6.06. The van der Waals surface area contributed by atoms with Crippen LogP contribution in [0.4, 0.5) is 0 Å². The van der Waals surface area contributed by atoms with Crippen LogP contribution >= 0.6 is 0 Å². The predicted molar refractivity (Wildman–Crippen MR) is 106 cm³/mol. The molecule has 0 atom stereocenters. The Morgan fingerprint density at radius 2 is 1.68 bits per heavy atom. The van der Waals surface area contributed by atoms with Crippen LogP contribution in [0, 0.1) is 6.92 Å². The van der Waals surface area contributed by atoms with Gasteiger partial charge in [0.25, 0.3) is 11.8 Å². The second-order valence-corrected chi connectivity index (χ2v) is 6.16. The minimum Gasteiger partial charge on any atom is -0.497 e. The molecule has 0 spiro atoms. The first-order valence-corrected chi connectivity index (χ1v) is 8.91. The number of methoxy groups -OCH3 is 1. The third kappa shape index (κ3) is 4.56. The molecule has 3 rings (SSSR count). The van der Waals surface area contributed by atoms with Gasteiger partial charge in [0.1, 0.15) is 5.75 Å². The molecule has 0 aliphatic rings. The summed E-state index contributed by atoms with van der Waals surface area (Å²) < 4.78 is 6.83. The highest BCUT2D eigenvalue weighted by molar-refractivity contribution is 5.95. The van der Waals surface area contributed by atoms with Crippen molar-refractivity contribution >= 4 is 11.8 Å². The Morgan fingerprint density at radius 1 is 0.964 bits per heavy atom. The van der Waals surface area contributed by atoms with Gasteiger partial charge in [-0.2, -0.15) is 5.10 Å². The van der Waals surface area contributed by atoms with Gasteiger partial charge < -0.3 is 15.4 Å². The van der Waals surface area contributed by atoms with Gasteiger partial charge in [0, 0.05) is 24.3 Å². The van der Waals surface area contributed by atoms with Crippen molar-refractivity contribution in [3.8, 4) is 11.4 Å². The van der Waals surface area contributed by atoms with Crippen molar-refractivity contribution in [1.82, 2.24) is 20.4 Å². The number of aryl methyl sites for hydroxylation is 1. The number of hydrogen-bond acceptors (Lipinski definition) is 4. The quantitative estimate of drug-likeness (QED) is 0.618. The number of aromatic nitrogens is 2. The maximum atomic E-state index is 12.3. The van der Waals surface area contributed by atoms with Gasteiger partial charge in [-0.05, 0) is 43.3 Å². The fourth-order valence-corrected chi connectivity index (χ4v) is 2.72. The molecule has 2 aromatic carbocycles. The number of nitrogens with one attached hydrogen (secondary N) is 2. The smallest absolute Gasteiger partial charge is 0.271 e. The van der Waals surface area contributed by atoms with Crippen molar-refractivity contribution in [2.75, 3.05) is 20.2 Å². The molecule has 7 heteroatoms. The lowest BCUT2D eigenvalue weighted by atomic mass is 10.2. The molecule has 0 bridgehead atoms. The summed E-state index contributed by atoms with van der Waals surface area (Å²) in [4.78, 5) is 24.5. The highest BCUT2D eigenvalue weighted by atomic mass is 16.5. The van der Waals surface area contributed by atoms with E-state index in [1.165, 1.54) is 0 Å². The van der Waals surface area contributed by atoms with Crippen LogP contribution in [0.1, 0.15) is 26.5 Å². The van der Waals surface area contributed by atoms with Crippen LogP contribution in [0.25, 0.3) is 5.69 Å². The molecule has 0 saturated heterocycles. The topological polar surface area (TPSA) is 85.3 Å². The SMILES string of the molecule is COc1cccc(C(=O)NCCNC(=O)c2cc(C)n(-c3ccccc3)n2)c1. The summed E-state index contributed by atoms with van der Waals surface area (Å²) >= 11 is 0. The molecule has 0 fully saturated rings. The third-order valence-corrected chi connectivity index (χ3v) is 4.15. The number of ether oxygens (including phenoxy) is 1. The second kappa shape index (κ2) is 8.85. The van der Waals surface area contributed by atoms with Crippen LogP contribution < -0.4 is 15.4 Å². The molecule has 1 heterocycles. The minimum atomic E-state index is -0.284. The van der Waals surface area contributed by atoms with E-state index in [0.717, 1.165) is 11.4 Å². The Hall–Kier alpha value is -3.61. The first-order chi connectivity index (χ1) is 13.6. The Labute approximate surface area is 163 Å². The van der Waals surface area contributed by atoms with E-state index in [1.54, 1.807) is 42.1 Å². The van der Waals surface area contributed by atoms with Gasteiger partial charge in [-0.3, -0.25) is 9.59 Å². The van der Waals surface area contributed by atoms with E-state index in [4.69, 9.17) is 4.74 Å². The van der Waals surface area contributed by atoms with Crippen LogP contribution in [0.2, 0.25) is 0 Å². The van der Waals surface area contributed by atoms with Crippen molar-refractivity contribution in [3.63, 3.8) is 0 Å². The molecule has 0 aliphatic heterocycles. The summed E-state index contributed by atoms with van der Waals surface area (Å²) in [5, 5.41) is 9.89. The van der Waals surface area contributed by atoms with Crippen molar-refractivity contribution in [2.45, 2.75) is 6.92 Å². The maximum absolute atomic E-state index is 12.3. The molecule has 0 unspecified atom stereocenters. The Morgan fingerprint density at radius 3 is 2.39 bits per heavy atom. The number of carbonyl (C=O) groups excluding carboxylic acids is 2. The molecule has 7 nitrogen and oxygen atoms in total. The lowest BCUT2D eigenvalue weighted by Gasteiger charge is -2.07. The average molecular weight is 378 g/mol. The van der Waals surface area contributed by atoms with Gasteiger partial charge in [-0.1, -0.05) is 24.3 Å². The third-order valence-electron chi connectivity index (χ3n) is 4.15.